The molecule has 1 fully saturated rings. The Kier molecular flexibility index (Phi) is 8.54. The van der Waals surface area contributed by atoms with Gasteiger partial charge >= 0.3 is 5.97 Å². The lowest BCUT2D eigenvalue weighted by Crippen LogP contribution is -2.37. The Labute approximate surface area is 235 Å². The summed E-state index contributed by atoms with van der Waals surface area (Å²) < 4.78 is 26.2. The van der Waals surface area contributed by atoms with E-state index in [2.05, 4.69) is 31.0 Å². The summed E-state index contributed by atoms with van der Waals surface area (Å²) in [6, 6.07) is 10.3. The summed E-state index contributed by atoms with van der Waals surface area (Å²) in [4.78, 5) is 34.0. The zero-order valence-electron chi connectivity index (χ0n) is 24.6. The maximum Gasteiger partial charge on any atom is 0.326 e. The fourth-order valence-electron chi connectivity index (χ4n) is 5.20. The first kappa shape index (κ1) is 29.5. The van der Waals surface area contributed by atoms with E-state index in [1.807, 2.05) is 18.2 Å². The molecular formula is C31H41FN4O4. The third kappa shape index (κ3) is 6.81. The number of nitrogens with zero attached hydrogens (tertiary/aromatic N) is 3. The first-order valence-electron chi connectivity index (χ1n) is 13.9. The molecule has 0 saturated carbocycles. The molecule has 1 aliphatic rings. The van der Waals surface area contributed by atoms with Gasteiger partial charge in [-0.2, -0.15) is 0 Å². The van der Waals surface area contributed by atoms with E-state index in [-0.39, 0.29) is 29.1 Å². The van der Waals surface area contributed by atoms with Crippen molar-refractivity contribution in [1.29, 1.82) is 0 Å². The maximum absolute atomic E-state index is 14.2. The van der Waals surface area contributed by atoms with E-state index in [1.54, 1.807) is 20.8 Å². The molecule has 1 saturated heterocycles. The van der Waals surface area contributed by atoms with Crippen molar-refractivity contribution in [2.75, 3.05) is 31.6 Å². The standard InChI is InChI=1S/C31H41FN4O4/c1-8-9-21-16-35(19-31(5,6)18-33-21)22-11-13-25-23(15-22)29(38)36(17-27(37)40-30(2,3)4)28(34-25)20-10-12-24(32)26(14-20)39-7/h10-15,21,33H,8-9,16-19H2,1-7H3. The molecule has 0 spiro atoms. The highest BCUT2D eigenvalue weighted by molar-refractivity contribution is 5.84. The van der Waals surface area contributed by atoms with Crippen LogP contribution in [0.15, 0.2) is 41.2 Å². The molecule has 0 amide bonds. The monoisotopic (exact) mass is 552 g/mol. The lowest BCUT2D eigenvalue weighted by molar-refractivity contribution is -0.155. The van der Waals surface area contributed by atoms with Crippen LogP contribution in [0, 0.1) is 11.2 Å². The van der Waals surface area contributed by atoms with Crippen molar-refractivity contribution in [3.63, 3.8) is 0 Å². The number of rotatable bonds is 7. The summed E-state index contributed by atoms with van der Waals surface area (Å²) >= 11 is 0. The van der Waals surface area contributed by atoms with Gasteiger partial charge in [0.2, 0.25) is 0 Å². The molecule has 8 nitrogen and oxygen atoms in total. The minimum absolute atomic E-state index is 0.0185. The van der Waals surface area contributed by atoms with Crippen molar-refractivity contribution >= 4 is 22.6 Å². The molecule has 0 radical (unpaired) electrons. The average molecular weight is 553 g/mol. The first-order valence-corrected chi connectivity index (χ1v) is 13.9. The van der Waals surface area contributed by atoms with Crippen molar-refractivity contribution in [2.45, 2.75) is 72.6 Å². The third-order valence-electron chi connectivity index (χ3n) is 6.99. The molecule has 1 unspecified atom stereocenters. The van der Waals surface area contributed by atoms with Gasteiger partial charge in [0.15, 0.2) is 11.6 Å². The van der Waals surface area contributed by atoms with E-state index in [1.165, 1.54) is 29.9 Å². The molecule has 1 N–H and O–H groups in total. The lowest BCUT2D eigenvalue weighted by atomic mass is 9.93. The minimum Gasteiger partial charge on any atom is -0.494 e. The van der Waals surface area contributed by atoms with Gasteiger partial charge in [0.05, 0.1) is 18.0 Å². The maximum atomic E-state index is 14.2. The van der Waals surface area contributed by atoms with Crippen molar-refractivity contribution in [2.24, 2.45) is 5.41 Å². The van der Waals surface area contributed by atoms with Crippen LogP contribution in [0.2, 0.25) is 0 Å². The molecular weight excluding hydrogens is 511 g/mol. The third-order valence-corrected chi connectivity index (χ3v) is 6.99. The van der Waals surface area contributed by atoms with Crippen LogP contribution in [0.3, 0.4) is 0 Å². The van der Waals surface area contributed by atoms with Crippen LogP contribution in [0.1, 0.15) is 54.4 Å². The Morgan fingerprint density at radius 1 is 1.20 bits per heavy atom. The zero-order chi connectivity index (χ0) is 29.2. The molecule has 0 bridgehead atoms. The smallest absolute Gasteiger partial charge is 0.326 e. The Bertz CT molecular complexity index is 1440. The van der Waals surface area contributed by atoms with E-state index < -0.39 is 17.4 Å². The van der Waals surface area contributed by atoms with Crippen molar-refractivity contribution in [3.8, 4) is 17.1 Å². The van der Waals surface area contributed by atoms with Crippen molar-refractivity contribution in [1.82, 2.24) is 14.9 Å². The summed E-state index contributed by atoms with van der Waals surface area (Å²) in [5.41, 5.74) is 0.827. The van der Waals surface area contributed by atoms with Gasteiger partial charge in [-0.1, -0.05) is 27.2 Å². The number of carbonyl (C=O) groups is 1. The lowest BCUT2D eigenvalue weighted by Gasteiger charge is -2.31. The minimum atomic E-state index is -0.722. The predicted octanol–water partition coefficient (Wildman–Crippen LogP) is 5.16. The number of methoxy groups -OCH3 is 1. The van der Waals surface area contributed by atoms with E-state index in [9.17, 15) is 14.0 Å². The molecule has 4 rings (SSSR count). The number of carbonyl (C=O) groups excluding carboxylic acids is 1. The molecule has 0 aliphatic carbocycles. The highest BCUT2D eigenvalue weighted by Gasteiger charge is 2.29. The summed E-state index contributed by atoms with van der Waals surface area (Å²) in [5, 5.41) is 4.10. The highest BCUT2D eigenvalue weighted by Crippen LogP contribution is 2.29. The SMILES string of the molecule is CCCC1CN(c2ccc3nc(-c4ccc(F)c(OC)c4)n(CC(=O)OC(C)(C)C)c(=O)c3c2)CC(C)(C)CN1. The Balaban J connectivity index is 1.85. The number of benzene rings is 2. The fourth-order valence-corrected chi connectivity index (χ4v) is 5.20. The number of anilines is 1. The molecule has 1 aliphatic heterocycles. The topological polar surface area (TPSA) is 85.7 Å². The number of nitrogens with one attached hydrogen (secondary N) is 1. The van der Waals surface area contributed by atoms with Crippen LogP contribution in [0.4, 0.5) is 10.1 Å². The van der Waals surface area contributed by atoms with Gasteiger partial charge in [0.25, 0.3) is 5.56 Å². The summed E-state index contributed by atoms with van der Waals surface area (Å²) in [6.07, 6.45) is 2.15. The number of hydrogen-bond donors (Lipinski definition) is 1. The largest absolute Gasteiger partial charge is 0.494 e. The molecule has 2 aromatic carbocycles. The second kappa shape index (κ2) is 11.6. The molecule has 216 valence electrons. The molecule has 1 atom stereocenters. The quantitative estimate of drug-likeness (QED) is 0.406. The van der Waals surface area contributed by atoms with Crippen LogP contribution >= 0.6 is 0 Å². The van der Waals surface area contributed by atoms with Crippen LogP contribution in [-0.2, 0) is 16.1 Å². The summed E-state index contributed by atoms with van der Waals surface area (Å²) in [7, 11) is 1.37. The molecule has 1 aromatic heterocycles. The van der Waals surface area contributed by atoms with Crippen molar-refractivity contribution < 1.29 is 18.7 Å². The van der Waals surface area contributed by atoms with Gasteiger partial charge in [-0.05, 0) is 69.0 Å². The molecule has 9 heteroatoms. The van der Waals surface area contributed by atoms with Gasteiger partial charge in [0.1, 0.15) is 18.0 Å². The first-order chi connectivity index (χ1) is 18.8. The number of aromatic nitrogens is 2. The van der Waals surface area contributed by atoms with E-state index >= 15 is 0 Å². The Morgan fingerprint density at radius 3 is 2.62 bits per heavy atom. The van der Waals surface area contributed by atoms with Crippen molar-refractivity contribution in [3.05, 3.63) is 52.6 Å². The van der Waals surface area contributed by atoms with E-state index in [0.717, 1.165) is 38.2 Å². The normalized spacial score (nSPS) is 17.5. The number of fused-ring (bicyclic) bond motifs is 1. The highest BCUT2D eigenvalue weighted by atomic mass is 19.1. The number of ether oxygens (including phenoxy) is 2. The Morgan fingerprint density at radius 2 is 1.95 bits per heavy atom. The van der Waals surface area contributed by atoms with Gasteiger partial charge in [-0.15, -0.1) is 0 Å². The second-order valence-electron chi connectivity index (χ2n) is 12.4. The zero-order valence-corrected chi connectivity index (χ0v) is 24.6. The Hall–Kier alpha value is -3.46. The number of esters is 1. The molecule has 2 heterocycles. The van der Waals surface area contributed by atoms with Gasteiger partial charge in [-0.3, -0.25) is 14.2 Å². The van der Waals surface area contributed by atoms with Crippen LogP contribution in [0.25, 0.3) is 22.3 Å². The van der Waals surface area contributed by atoms with E-state index in [0.29, 0.717) is 22.5 Å². The van der Waals surface area contributed by atoms with Crippen LogP contribution < -0.4 is 20.5 Å². The van der Waals surface area contributed by atoms with E-state index in [4.69, 9.17) is 14.5 Å². The second-order valence-corrected chi connectivity index (χ2v) is 12.4. The van der Waals surface area contributed by atoms with Crippen LogP contribution in [0.5, 0.6) is 5.75 Å². The number of hydrogen-bond acceptors (Lipinski definition) is 7. The summed E-state index contributed by atoms with van der Waals surface area (Å²) in [5.74, 6) is -0.846. The van der Waals surface area contributed by atoms with Crippen LogP contribution in [-0.4, -0.2) is 53.9 Å². The number of halogens is 1. The fraction of sp³-hybridized carbons (Fsp3) is 0.516. The summed E-state index contributed by atoms with van der Waals surface area (Å²) in [6.45, 7) is 14.2. The molecule has 3 aromatic rings. The predicted molar refractivity (Wildman–Crippen MR) is 156 cm³/mol. The van der Waals surface area contributed by atoms with Gasteiger partial charge in [0, 0.05) is 36.9 Å². The van der Waals surface area contributed by atoms with Gasteiger partial charge in [-0.25, -0.2) is 9.37 Å². The average Bonchev–Trinajstić information content (AvgIpc) is 3.02. The molecule has 40 heavy (non-hydrogen) atoms. The van der Waals surface area contributed by atoms with Gasteiger partial charge < -0.3 is 19.7 Å².